The summed E-state index contributed by atoms with van der Waals surface area (Å²) < 4.78 is 13.5. The molecule has 0 saturated carbocycles. The summed E-state index contributed by atoms with van der Waals surface area (Å²) in [7, 11) is 1.98. The van der Waals surface area contributed by atoms with Crippen LogP contribution in [0, 0.1) is 5.82 Å². The van der Waals surface area contributed by atoms with Crippen LogP contribution in [0.4, 0.5) is 4.39 Å². The fraction of sp³-hybridized carbons (Fsp3) is 0.462. The van der Waals surface area contributed by atoms with Gasteiger partial charge in [-0.1, -0.05) is 18.2 Å². The maximum atomic E-state index is 13.5. The third-order valence-electron chi connectivity index (χ3n) is 3.25. The van der Waals surface area contributed by atoms with Crippen LogP contribution in [0.1, 0.15) is 11.7 Å². The van der Waals surface area contributed by atoms with Crippen LogP contribution in [0.15, 0.2) is 24.3 Å². The van der Waals surface area contributed by atoms with Crippen molar-refractivity contribution in [3.05, 3.63) is 35.6 Å². The summed E-state index contributed by atoms with van der Waals surface area (Å²) in [6.45, 7) is 2.69. The smallest absolute Gasteiger partial charge is 0.256 e. The van der Waals surface area contributed by atoms with Gasteiger partial charge in [0.2, 0.25) is 0 Å². The van der Waals surface area contributed by atoms with E-state index in [4.69, 9.17) is 0 Å². The number of rotatable bonds is 2. The maximum absolute atomic E-state index is 13.5. The van der Waals surface area contributed by atoms with Crippen LogP contribution in [0.5, 0.6) is 0 Å². The van der Waals surface area contributed by atoms with Crippen LogP contribution < -0.4 is 0 Å². The van der Waals surface area contributed by atoms with Gasteiger partial charge in [-0.3, -0.25) is 4.79 Å². The lowest BCUT2D eigenvalue weighted by atomic mass is 10.1. The standard InChI is InChI=1S/C13H17FN2O2/c1-15-6-8-16(9-7-15)13(18)12(17)10-4-2-3-5-11(10)14/h2-5,12,17H,6-9H2,1H3. The van der Waals surface area contributed by atoms with E-state index in [1.165, 1.54) is 18.2 Å². The second-order valence-corrected chi connectivity index (χ2v) is 4.55. The van der Waals surface area contributed by atoms with Gasteiger partial charge in [0.15, 0.2) is 6.10 Å². The van der Waals surface area contributed by atoms with Crippen molar-refractivity contribution in [2.45, 2.75) is 6.10 Å². The Morgan fingerprint density at radius 2 is 1.89 bits per heavy atom. The Balaban J connectivity index is 2.07. The molecule has 1 unspecified atom stereocenters. The van der Waals surface area contributed by atoms with Crippen molar-refractivity contribution in [2.75, 3.05) is 33.2 Å². The van der Waals surface area contributed by atoms with Crippen molar-refractivity contribution in [1.29, 1.82) is 0 Å². The molecule has 0 radical (unpaired) electrons. The van der Waals surface area contributed by atoms with Crippen LogP contribution in [0.3, 0.4) is 0 Å². The van der Waals surface area contributed by atoms with Crippen LogP contribution in [-0.4, -0.2) is 54.0 Å². The first-order chi connectivity index (χ1) is 8.59. The summed E-state index contributed by atoms with van der Waals surface area (Å²) in [5.41, 5.74) is 0.0430. The van der Waals surface area contributed by atoms with E-state index in [2.05, 4.69) is 4.90 Å². The van der Waals surface area contributed by atoms with E-state index in [-0.39, 0.29) is 5.56 Å². The van der Waals surface area contributed by atoms with Crippen molar-refractivity contribution < 1.29 is 14.3 Å². The number of halogens is 1. The Morgan fingerprint density at radius 1 is 1.28 bits per heavy atom. The molecule has 1 heterocycles. The molecular formula is C13H17FN2O2. The number of carbonyl (C=O) groups excluding carboxylic acids is 1. The minimum atomic E-state index is -1.41. The minimum Gasteiger partial charge on any atom is -0.378 e. The molecule has 98 valence electrons. The average Bonchev–Trinajstić information content (AvgIpc) is 2.38. The Morgan fingerprint density at radius 3 is 2.50 bits per heavy atom. The zero-order valence-electron chi connectivity index (χ0n) is 10.3. The Bertz CT molecular complexity index is 431. The van der Waals surface area contributed by atoms with Crippen LogP contribution >= 0.6 is 0 Å². The first kappa shape index (κ1) is 13.0. The molecule has 1 aliphatic heterocycles. The average molecular weight is 252 g/mol. The molecule has 0 aromatic heterocycles. The molecular weight excluding hydrogens is 235 g/mol. The molecule has 0 bridgehead atoms. The van der Waals surface area contributed by atoms with E-state index in [0.29, 0.717) is 13.1 Å². The van der Waals surface area contributed by atoms with E-state index in [1.807, 2.05) is 7.05 Å². The van der Waals surface area contributed by atoms with Crippen LogP contribution in [0.2, 0.25) is 0 Å². The van der Waals surface area contributed by atoms with Gasteiger partial charge in [-0.25, -0.2) is 4.39 Å². The van der Waals surface area contributed by atoms with Gasteiger partial charge in [-0.15, -0.1) is 0 Å². The first-order valence-corrected chi connectivity index (χ1v) is 5.99. The maximum Gasteiger partial charge on any atom is 0.256 e. The lowest BCUT2D eigenvalue weighted by Crippen LogP contribution is -2.48. The molecule has 2 rings (SSSR count). The predicted molar refractivity (Wildman–Crippen MR) is 65.4 cm³/mol. The third-order valence-corrected chi connectivity index (χ3v) is 3.25. The second-order valence-electron chi connectivity index (χ2n) is 4.55. The second kappa shape index (κ2) is 5.46. The molecule has 5 heteroatoms. The highest BCUT2D eigenvalue weighted by atomic mass is 19.1. The lowest BCUT2D eigenvalue weighted by Gasteiger charge is -2.33. The zero-order chi connectivity index (χ0) is 13.1. The lowest BCUT2D eigenvalue weighted by molar-refractivity contribution is -0.142. The molecule has 18 heavy (non-hydrogen) atoms. The molecule has 1 saturated heterocycles. The molecule has 0 aliphatic carbocycles. The minimum absolute atomic E-state index is 0.0430. The van der Waals surface area contributed by atoms with Crippen molar-refractivity contribution in [1.82, 2.24) is 9.80 Å². The van der Waals surface area contributed by atoms with Gasteiger partial charge in [-0.2, -0.15) is 0 Å². The molecule has 1 aliphatic rings. The molecule has 1 aromatic rings. The van der Waals surface area contributed by atoms with Gasteiger partial charge < -0.3 is 14.9 Å². The number of likely N-dealkylation sites (N-methyl/N-ethyl adjacent to an activating group) is 1. The van der Waals surface area contributed by atoms with Crippen LogP contribution in [-0.2, 0) is 4.79 Å². The molecule has 0 spiro atoms. The number of amides is 1. The first-order valence-electron chi connectivity index (χ1n) is 5.99. The van der Waals surface area contributed by atoms with E-state index < -0.39 is 17.8 Å². The van der Waals surface area contributed by atoms with Gasteiger partial charge in [0.25, 0.3) is 5.91 Å². The van der Waals surface area contributed by atoms with Gasteiger partial charge in [0.05, 0.1) is 0 Å². The van der Waals surface area contributed by atoms with E-state index in [0.717, 1.165) is 13.1 Å². The van der Waals surface area contributed by atoms with Crippen molar-refractivity contribution in [3.63, 3.8) is 0 Å². The fourth-order valence-electron chi connectivity index (χ4n) is 2.03. The topological polar surface area (TPSA) is 43.8 Å². The van der Waals surface area contributed by atoms with E-state index in [9.17, 15) is 14.3 Å². The molecule has 1 atom stereocenters. The monoisotopic (exact) mass is 252 g/mol. The number of hydrogen-bond acceptors (Lipinski definition) is 3. The van der Waals surface area contributed by atoms with Gasteiger partial charge in [-0.05, 0) is 13.1 Å². The summed E-state index contributed by atoms with van der Waals surface area (Å²) in [6.07, 6.45) is -1.41. The highest BCUT2D eigenvalue weighted by Gasteiger charge is 2.27. The summed E-state index contributed by atoms with van der Waals surface area (Å²) in [5.74, 6) is -0.972. The third kappa shape index (κ3) is 2.68. The number of piperazine rings is 1. The number of hydrogen-bond donors (Lipinski definition) is 1. The summed E-state index contributed by atoms with van der Waals surface area (Å²) >= 11 is 0. The highest BCUT2D eigenvalue weighted by Crippen LogP contribution is 2.19. The fourth-order valence-corrected chi connectivity index (χ4v) is 2.03. The number of aliphatic hydroxyl groups is 1. The van der Waals surface area contributed by atoms with Gasteiger partial charge >= 0.3 is 0 Å². The summed E-state index contributed by atoms with van der Waals surface area (Å²) in [6, 6.07) is 5.83. The predicted octanol–water partition coefficient (Wildman–Crippen LogP) is 0.633. The Hall–Kier alpha value is -1.46. The Labute approximate surface area is 106 Å². The summed E-state index contributed by atoms with van der Waals surface area (Å²) in [4.78, 5) is 15.7. The van der Waals surface area contributed by atoms with E-state index >= 15 is 0 Å². The Kier molecular flexibility index (Phi) is 3.93. The quantitative estimate of drug-likeness (QED) is 0.839. The van der Waals surface area contributed by atoms with Crippen molar-refractivity contribution in [3.8, 4) is 0 Å². The number of aliphatic hydroxyl groups excluding tert-OH is 1. The summed E-state index contributed by atoms with van der Waals surface area (Å²) in [5, 5.41) is 9.94. The van der Waals surface area contributed by atoms with Crippen LogP contribution in [0.25, 0.3) is 0 Å². The molecule has 1 aromatic carbocycles. The van der Waals surface area contributed by atoms with Gasteiger partial charge in [0.1, 0.15) is 5.82 Å². The molecule has 1 amide bonds. The van der Waals surface area contributed by atoms with Gasteiger partial charge in [0, 0.05) is 31.7 Å². The SMILES string of the molecule is CN1CCN(C(=O)C(O)c2ccccc2F)CC1. The number of benzene rings is 1. The molecule has 4 nitrogen and oxygen atoms in total. The highest BCUT2D eigenvalue weighted by molar-refractivity contribution is 5.82. The van der Waals surface area contributed by atoms with Crippen molar-refractivity contribution in [2.24, 2.45) is 0 Å². The molecule has 1 N–H and O–H groups in total. The zero-order valence-corrected chi connectivity index (χ0v) is 10.3. The number of nitrogens with zero attached hydrogens (tertiary/aromatic N) is 2. The number of carbonyl (C=O) groups is 1. The van der Waals surface area contributed by atoms with Crippen molar-refractivity contribution >= 4 is 5.91 Å². The van der Waals surface area contributed by atoms with E-state index in [1.54, 1.807) is 11.0 Å². The largest absolute Gasteiger partial charge is 0.378 e. The molecule has 1 fully saturated rings. The normalized spacial score (nSPS) is 18.7.